The van der Waals surface area contributed by atoms with Gasteiger partial charge in [0.2, 0.25) is 0 Å². The van der Waals surface area contributed by atoms with Crippen LogP contribution in [0.4, 0.5) is 0 Å². The normalized spacial score (nSPS) is 10.4. The standard InChI is InChI=1S/C10H19NO2S/c1-3-6-11(9-10(12)13)7-5-8-14-4-2/h3H,1,4-9H2,2H3,(H,12,13). The third-order valence-corrected chi connectivity index (χ3v) is 2.70. The third kappa shape index (κ3) is 8.13. The van der Waals surface area contributed by atoms with Crippen LogP contribution >= 0.6 is 11.8 Å². The Morgan fingerprint density at radius 1 is 1.64 bits per heavy atom. The van der Waals surface area contributed by atoms with Crippen LogP contribution in [0.2, 0.25) is 0 Å². The maximum atomic E-state index is 10.5. The summed E-state index contributed by atoms with van der Waals surface area (Å²) in [6.45, 7) is 7.35. The Morgan fingerprint density at radius 3 is 2.86 bits per heavy atom. The van der Waals surface area contributed by atoms with E-state index in [-0.39, 0.29) is 6.54 Å². The predicted molar refractivity (Wildman–Crippen MR) is 61.9 cm³/mol. The number of nitrogens with zero attached hydrogens (tertiary/aromatic N) is 1. The minimum Gasteiger partial charge on any atom is -0.480 e. The molecular formula is C10H19NO2S. The number of carboxylic acids is 1. The highest BCUT2D eigenvalue weighted by Gasteiger charge is 2.06. The molecule has 0 aliphatic rings. The van der Waals surface area contributed by atoms with Crippen LogP contribution in [0.25, 0.3) is 0 Å². The minimum absolute atomic E-state index is 0.114. The van der Waals surface area contributed by atoms with Crippen molar-refractivity contribution in [3.8, 4) is 0 Å². The topological polar surface area (TPSA) is 40.5 Å². The summed E-state index contributed by atoms with van der Waals surface area (Å²) in [6.07, 6.45) is 2.79. The molecule has 1 N–H and O–H groups in total. The second kappa shape index (κ2) is 9.09. The molecule has 14 heavy (non-hydrogen) atoms. The highest BCUT2D eigenvalue weighted by Crippen LogP contribution is 2.02. The van der Waals surface area contributed by atoms with Crippen molar-refractivity contribution in [1.29, 1.82) is 0 Å². The molecule has 0 heterocycles. The average molecular weight is 217 g/mol. The van der Waals surface area contributed by atoms with Gasteiger partial charge in [-0.3, -0.25) is 9.69 Å². The summed E-state index contributed by atoms with van der Waals surface area (Å²) in [5.74, 6) is 1.46. The van der Waals surface area contributed by atoms with Crippen molar-refractivity contribution in [3.05, 3.63) is 12.7 Å². The van der Waals surface area contributed by atoms with Crippen molar-refractivity contribution < 1.29 is 9.90 Å². The second-order valence-corrected chi connectivity index (χ2v) is 4.36. The molecule has 0 unspecified atom stereocenters. The lowest BCUT2D eigenvalue weighted by molar-refractivity contribution is -0.138. The number of carboxylic acid groups (broad SMARTS) is 1. The van der Waals surface area contributed by atoms with E-state index in [1.807, 2.05) is 16.7 Å². The van der Waals surface area contributed by atoms with Gasteiger partial charge in [0.25, 0.3) is 0 Å². The maximum Gasteiger partial charge on any atom is 0.317 e. The van der Waals surface area contributed by atoms with Gasteiger partial charge >= 0.3 is 5.97 Å². The molecular weight excluding hydrogens is 198 g/mol. The van der Waals surface area contributed by atoms with Crippen LogP contribution in [0, 0.1) is 0 Å². The zero-order valence-electron chi connectivity index (χ0n) is 8.74. The molecule has 3 nitrogen and oxygen atoms in total. The van der Waals surface area contributed by atoms with Gasteiger partial charge in [-0.05, 0) is 24.5 Å². The summed E-state index contributed by atoms with van der Waals surface area (Å²) in [5, 5.41) is 8.63. The fraction of sp³-hybridized carbons (Fsp3) is 0.700. The van der Waals surface area contributed by atoms with Crippen molar-refractivity contribution in [1.82, 2.24) is 4.90 Å². The van der Waals surface area contributed by atoms with E-state index in [4.69, 9.17) is 5.11 Å². The molecule has 0 atom stereocenters. The number of thioether (sulfide) groups is 1. The van der Waals surface area contributed by atoms with Crippen molar-refractivity contribution >= 4 is 17.7 Å². The molecule has 0 amide bonds. The van der Waals surface area contributed by atoms with Crippen LogP contribution in [0.5, 0.6) is 0 Å². The van der Waals surface area contributed by atoms with E-state index in [0.29, 0.717) is 6.54 Å². The Hall–Kier alpha value is -0.480. The zero-order chi connectivity index (χ0) is 10.8. The van der Waals surface area contributed by atoms with Gasteiger partial charge in [-0.2, -0.15) is 11.8 Å². The molecule has 0 aromatic carbocycles. The number of aliphatic carboxylic acids is 1. The van der Waals surface area contributed by atoms with Crippen molar-refractivity contribution in [2.45, 2.75) is 13.3 Å². The molecule has 0 aliphatic heterocycles. The fourth-order valence-electron chi connectivity index (χ4n) is 1.14. The smallest absolute Gasteiger partial charge is 0.317 e. The first-order valence-corrected chi connectivity index (χ1v) is 5.99. The lowest BCUT2D eigenvalue weighted by Gasteiger charge is -2.17. The van der Waals surface area contributed by atoms with Gasteiger partial charge in [0.1, 0.15) is 0 Å². The van der Waals surface area contributed by atoms with Crippen LogP contribution in [-0.4, -0.2) is 47.1 Å². The quantitative estimate of drug-likeness (QED) is 0.471. The van der Waals surface area contributed by atoms with Crippen molar-refractivity contribution in [3.63, 3.8) is 0 Å². The molecule has 4 heteroatoms. The Balaban J connectivity index is 3.61. The molecule has 0 aromatic rings. The molecule has 0 fully saturated rings. The molecule has 82 valence electrons. The van der Waals surface area contributed by atoms with Crippen LogP contribution < -0.4 is 0 Å². The lowest BCUT2D eigenvalue weighted by atomic mass is 10.4. The van der Waals surface area contributed by atoms with Gasteiger partial charge < -0.3 is 5.11 Å². The maximum absolute atomic E-state index is 10.5. The molecule has 0 spiro atoms. The van der Waals surface area contributed by atoms with Gasteiger partial charge in [0.15, 0.2) is 0 Å². The summed E-state index contributed by atoms with van der Waals surface area (Å²) in [6, 6.07) is 0. The van der Waals surface area contributed by atoms with Crippen molar-refractivity contribution in [2.24, 2.45) is 0 Å². The van der Waals surface area contributed by atoms with Crippen LogP contribution in [0.1, 0.15) is 13.3 Å². The molecule has 0 aromatic heterocycles. The average Bonchev–Trinajstić information content (AvgIpc) is 2.12. The van der Waals surface area contributed by atoms with Crippen molar-refractivity contribution in [2.75, 3.05) is 31.1 Å². The molecule has 0 aliphatic carbocycles. The minimum atomic E-state index is -0.769. The third-order valence-electron chi connectivity index (χ3n) is 1.71. The highest BCUT2D eigenvalue weighted by molar-refractivity contribution is 7.99. The van der Waals surface area contributed by atoms with E-state index in [9.17, 15) is 4.79 Å². The lowest BCUT2D eigenvalue weighted by Crippen LogP contribution is -2.31. The summed E-state index contributed by atoms with van der Waals surface area (Å²) >= 11 is 1.89. The van der Waals surface area contributed by atoms with Crippen LogP contribution in [0.15, 0.2) is 12.7 Å². The summed E-state index contributed by atoms with van der Waals surface area (Å²) in [4.78, 5) is 12.4. The zero-order valence-corrected chi connectivity index (χ0v) is 9.55. The first-order valence-electron chi connectivity index (χ1n) is 4.83. The van der Waals surface area contributed by atoms with Gasteiger partial charge in [-0.25, -0.2) is 0 Å². The van der Waals surface area contributed by atoms with E-state index in [1.165, 1.54) is 0 Å². The predicted octanol–water partition coefficient (Wildman–Crippen LogP) is 1.70. The van der Waals surface area contributed by atoms with Gasteiger partial charge in [-0.1, -0.05) is 13.0 Å². The number of carbonyl (C=O) groups is 1. The number of rotatable bonds is 9. The van der Waals surface area contributed by atoms with Crippen LogP contribution in [-0.2, 0) is 4.79 Å². The second-order valence-electron chi connectivity index (χ2n) is 2.97. The highest BCUT2D eigenvalue weighted by atomic mass is 32.2. The largest absolute Gasteiger partial charge is 0.480 e. The molecule has 0 saturated carbocycles. The van der Waals surface area contributed by atoms with E-state index >= 15 is 0 Å². The first-order chi connectivity index (χ1) is 6.70. The summed E-state index contributed by atoms with van der Waals surface area (Å²) in [5.41, 5.74) is 0. The molecule has 0 saturated heterocycles. The van der Waals surface area contributed by atoms with Crippen LogP contribution in [0.3, 0.4) is 0 Å². The fourth-order valence-corrected chi connectivity index (χ4v) is 1.77. The number of hydrogen-bond donors (Lipinski definition) is 1. The van der Waals surface area contributed by atoms with Gasteiger partial charge in [-0.15, -0.1) is 6.58 Å². The first kappa shape index (κ1) is 13.5. The van der Waals surface area contributed by atoms with Gasteiger partial charge in [0.05, 0.1) is 6.54 Å². The SMILES string of the molecule is C=CCN(CCCSCC)CC(=O)O. The van der Waals surface area contributed by atoms with E-state index in [1.54, 1.807) is 6.08 Å². The number of hydrogen-bond acceptors (Lipinski definition) is 3. The monoisotopic (exact) mass is 217 g/mol. The molecule has 0 rings (SSSR count). The molecule has 0 bridgehead atoms. The Kier molecular flexibility index (Phi) is 8.78. The molecule has 0 radical (unpaired) electrons. The van der Waals surface area contributed by atoms with Gasteiger partial charge in [0, 0.05) is 6.54 Å². The van der Waals surface area contributed by atoms with E-state index in [0.717, 1.165) is 24.5 Å². The summed E-state index contributed by atoms with van der Waals surface area (Å²) < 4.78 is 0. The summed E-state index contributed by atoms with van der Waals surface area (Å²) in [7, 11) is 0. The van der Waals surface area contributed by atoms with E-state index < -0.39 is 5.97 Å². The Bertz CT molecular complexity index is 174. The Morgan fingerprint density at radius 2 is 2.36 bits per heavy atom. The van der Waals surface area contributed by atoms with E-state index in [2.05, 4.69) is 13.5 Å². The Labute approximate surface area is 90.2 Å².